The molecule has 0 saturated carbocycles. The van der Waals surface area contributed by atoms with Gasteiger partial charge in [-0.1, -0.05) is 19.4 Å². The van der Waals surface area contributed by atoms with Crippen LogP contribution >= 0.6 is 0 Å². The van der Waals surface area contributed by atoms with Gasteiger partial charge in [0, 0.05) is 17.7 Å². The minimum atomic E-state index is -0.630. The summed E-state index contributed by atoms with van der Waals surface area (Å²) >= 11 is 0. The molecule has 0 N–H and O–H groups in total. The van der Waals surface area contributed by atoms with Crippen LogP contribution in [0.5, 0.6) is 11.6 Å². The number of anilines is 1. The molecule has 1 aliphatic rings. The van der Waals surface area contributed by atoms with Crippen molar-refractivity contribution in [3.63, 3.8) is 0 Å². The van der Waals surface area contributed by atoms with Gasteiger partial charge in [0.25, 0.3) is 11.6 Å². The third kappa shape index (κ3) is 4.14. The highest BCUT2D eigenvalue weighted by atomic mass is 19.1. The summed E-state index contributed by atoms with van der Waals surface area (Å²) in [7, 11) is 1.52. The molecule has 2 amide bonds. The third-order valence-electron chi connectivity index (χ3n) is 6.09. The van der Waals surface area contributed by atoms with Crippen molar-refractivity contribution in [2.75, 3.05) is 12.0 Å². The Kier molecular flexibility index (Phi) is 6.27. The van der Waals surface area contributed by atoms with Crippen molar-refractivity contribution in [2.24, 2.45) is 0 Å². The van der Waals surface area contributed by atoms with Gasteiger partial charge in [0.15, 0.2) is 12.4 Å². The van der Waals surface area contributed by atoms with Crippen LogP contribution in [0.4, 0.5) is 10.1 Å². The van der Waals surface area contributed by atoms with Crippen molar-refractivity contribution >= 4 is 28.8 Å². The van der Waals surface area contributed by atoms with Crippen molar-refractivity contribution in [2.45, 2.75) is 19.8 Å². The van der Waals surface area contributed by atoms with Crippen LogP contribution in [-0.2, 0) is 16.0 Å². The van der Waals surface area contributed by atoms with Gasteiger partial charge in [0.1, 0.15) is 17.1 Å². The molecule has 0 saturated heterocycles. The van der Waals surface area contributed by atoms with Crippen molar-refractivity contribution < 1.29 is 28.4 Å². The summed E-state index contributed by atoms with van der Waals surface area (Å²) < 4.78 is 21.4. The Hall–Kier alpha value is -4.79. The SMILES string of the molecule is CCCc1nn(-c2ccc(F)cc2)c([O-])c1C1=C([n+]2ccccc2)C(=O)N(c2ccc(OC)cc2)C1=O. The second-order valence-corrected chi connectivity index (χ2v) is 8.42. The average molecular weight is 499 g/mol. The molecule has 9 heteroatoms. The summed E-state index contributed by atoms with van der Waals surface area (Å²) in [5.41, 5.74) is 1.17. The Labute approximate surface area is 212 Å². The lowest BCUT2D eigenvalue weighted by Crippen LogP contribution is -2.39. The molecule has 37 heavy (non-hydrogen) atoms. The number of methoxy groups -OCH3 is 1. The highest BCUT2D eigenvalue weighted by Gasteiger charge is 2.47. The van der Waals surface area contributed by atoms with Crippen LogP contribution < -0.4 is 19.3 Å². The van der Waals surface area contributed by atoms with Crippen molar-refractivity contribution in [1.29, 1.82) is 0 Å². The predicted octanol–water partition coefficient (Wildman–Crippen LogP) is 3.28. The maximum atomic E-state index is 13.9. The molecule has 0 spiro atoms. The van der Waals surface area contributed by atoms with E-state index in [0.29, 0.717) is 35.7 Å². The number of aryl methyl sites for hydroxylation is 1. The smallest absolute Gasteiger partial charge is 0.331 e. The first-order valence-electron chi connectivity index (χ1n) is 11.7. The van der Waals surface area contributed by atoms with Gasteiger partial charge in [-0.25, -0.2) is 14.0 Å². The number of hydrogen-bond donors (Lipinski definition) is 0. The Bertz CT molecular complexity index is 1510. The maximum absolute atomic E-state index is 13.9. The van der Waals surface area contributed by atoms with Crippen LogP contribution in [0.1, 0.15) is 24.6 Å². The highest BCUT2D eigenvalue weighted by molar-refractivity contribution is 6.53. The number of pyridine rings is 1. The summed E-state index contributed by atoms with van der Waals surface area (Å²) in [6.07, 6.45) is 4.34. The number of halogens is 1. The lowest BCUT2D eigenvalue weighted by Gasteiger charge is -2.16. The van der Waals surface area contributed by atoms with Crippen LogP contribution in [0.15, 0.2) is 79.1 Å². The van der Waals surface area contributed by atoms with Crippen LogP contribution in [0.2, 0.25) is 0 Å². The maximum Gasteiger partial charge on any atom is 0.331 e. The third-order valence-corrected chi connectivity index (χ3v) is 6.09. The topological polar surface area (TPSA) is 91.4 Å². The molecule has 4 aromatic rings. The standard InChI is InChI=1S/C28H23FN4O4/c1-3-7-22-23(27(35)33(30-22)20-10-8-18(29)9-11-20)24-25(31-16-5-4-6-17-31)28(36)32(26(24)34)19-12-14-21(37-2)15-13-19/h4-6,8-17H,3,7H2,1-2H3. The molecule has 8 nitrogen and oxygen atoms in total. The van der Waals surface area contributed by atoms with E-state index in [9.17, 15) is 19.1 Å². The lowest BCUT2D eigenvalue weighted by atomic mass is 10.0. The van der Waals surface area contributed by atoms with E-state index in [1.165, 1.54) is 35.9 Å². The van der Waals surface area contributed by atoms with Gasteiger partial charge < -0.3 is 9.84 Å². The number of imide groups is 1. The molecule has 0 unspecified atom stereocenters. The zero-order chi connectivity index (χ0) is 26.1. The number of hydrogen-bond acceptors (Lipinski definition) is 5. The molecule has 0 aliphatic carbocycles. The lowest BCUT2D eigenvalue weighted by molar-refractivity contribution is -0.576. The zero-order valence-corrected chi connectivity index (χ0v) is 20.2. The summed E-state index contributed by atoms with van der Waals surface area (Å²) in [5, 5.41) is 18.2. The van der Waals surface area contributed by atoms with E-state index in [-0.39, 0.29) is 16.8 Å². The van der Waals surface area contributed by atoms with E-state index in [1.807, 2.05) is 6.92 Å². The number of ether oxygens (including phenoxy) is 1. The molecule has 1 aliphatic heterocycles. The fourth-order valence-electron chi connectivity index (χ4n) is 4.36. The second kappa shape index (κ2) is 9.69. The first kappa shape index (κ1) is 23.9. The molecule has 2 aromatic carbocycles. The fourth-order valence-corrected chi connectivity index (χ4v) is 4.36. The molecular weight excluding hydrogens is 475 g/mol. The number of benzene rings is 2. The average Bonchev–Trinajstić information content (AvgIpc) is 3.37. The Balaban J connectivity index is 1.73. The van der Waals surface area contributed by atoms with Gasteiger partial charge in [-0.2, -0.15) is 9.67 Å². The first-order chi connectivity index (χ1) is 17.9. The number of rotatable bonds is 7. The van der Waals surface area contributed by atoms with Crippen LogP contribution in [-0.4, -0.2) is 28.7 Å². The molecule has 5 rings (SSSR count). The van der Waals surface area contributed by atoms with Crippen molar-refractivity contribution in [3.05, 3.63) is 96.2 Å². The molecular formula is C28H23FN4O4. The minimum absolute atomic E-state index is 0.0289. The Morgan fingerprint density at radius 3 is 2.22 bits per heavy atom. The summed E-state index contributed by atoms with van der Waals surface area (Å²) in [5.74, 6) is -1.64. The Morgan fingerprint density at radius 1 is 0.946 bits per heavy atom. The van der Waals surface area contributed by atoms with E-state index in [4.69, 9.17) is 4.74 Å². The first-order valence-corrected chi connectivity index (χ1v) is 11.7. The monoisotopic (exact) mass is 498 g/mol. The molecule has 0 radical (unpaired) electrons. The highest BCUT2D eigenvalue weighted by Crippen LogP contribution is 2.39. The molecule has 186 valence electrons. The summed E-state index contributed by atoms with van der Waals surface area (Å²) in [6.45, 7) is 1.93. The molecule has 0 fully saturated rings. The van der Waals surface area contributed by atoms with E-state index >= 15 is 0 Å². The van der Waals surface area contributed by atoms with Gasteiger partial charge in [0.05, 0.1) is 24.2 Å². The van der Waals surface area contributed by atoms with E-state index in [0.717, 1.165) is 9.58 Å². The van der Waals surface area contributed by atoms with E-state index in [1.54, 1.807) is 54.9 Å². The van der Waals surface area contributed by atoms with Crippen molar-refractivity contribution in [3.8, 4) is 17.3 Å². The molecule has 2 aromatic heterocycles. The molecule has 0 atom stereocenters. The summed E-state index contributed by atoms with van der Waals surface area (Å²) in [6, 6.07) is 17.1. The van der Waals surface area contributed by atoms with Crippen LogP contribution in [0.3, 0.4) is 0 Å². The fraction of sp³-hybridized carbons (Fsp3) is 0.143. The second-order valence-electron chi connectivity index (χ2n) is 8.42. The van der Waals surface area contributed by atoms with Gasteiger partial charge in [-0.3, -0.25) is 9.59 Å². The number of carbonyl (C=O) groups is 2. The number of amides is 2. The Morgan fingerprint density at radius 2 is 1.59 bits per heavy atom. The zero-order valence-electron chi connectivity index (χ0n) is 20.2. The minimum Gasteiger partial charge on any atom is -0.858 e. The van der Waals surface area contributed by atoms with E-state index in [2.05, 4.69) is 5.10 Å². The van der Waals surface area contributed by atoms with Crippen LogP contribution in [0.25, 0.3) is 17.0 Å². The van der Waals surface area contributed by atoms with Crippen LogP contribution in [0, 0.1) is 5.82 Å². The van der Waals surface area contributed by atoms with Gasteiger partial charge in [-0.15, -0.1) is 0 Å². The summed E-state index contributed by atoms with van der Waals surface area (Å²) in [4.78, 5) is 28.8. The van der Waals surface area contributed by atoms with Gasteiger partial charge in [0.2, 0.25) is 0 Å². The van der Waals surface area contributed by atoms with Gasteiger partial charge >= 0.3 is 5.91 Å². The number of nitrogens with zero attached hydrogens (tertiary/aromatic N) is 4. The number of carbonyl (C=O) groups excluding carboxylic acids is 2. The predicted molar refractivity (Wildman–Crippen MR) is 132 cm³/mol. The normalized spacial score (nSPS) is 13.5. The molecule has 3 heterocycles. The largest absolute Gasteiger partial charge is 0.858 e. The van der Waals surface area contributed by atoms with E-state index < -0.39 is 23.5 Å². The quantitative estimate of drug-likeness (QED) is 0.288. The van der Waals surface area contributed by atoms with Crippen molar-refractivity contribution in [1.82, 2.24) is 9.78 Å². The molecule has 0 bridgehead atoms. The van der Waals surface area contributed by atoms with Gasteiger partial charge in [-0.05, 0) is 60.8 Å². The number of aromatic nitrogens is 3.